The van der Waals surface area contributed by atoms with Crippen molar-refractivity contribution in [3.05, 3.63) is 53.3 Å². The van der Waals surface area contributed by atoms with Crippen LogP contribution in [0.3, 0.4) is 0 Å². The van der Waals surface area contributed by atoms with Gasteiger partial charge in [-0.2, -0.15) is 5.26 Å². The van der Waals surface area contributed by atoms with Crippen LogP contribution in [-0.4, -0.2) is 12.0 Å². The molecule has 1 aromatic heterocycles. The number of hydrogen-bond donors (Lipinski definition) is 1. The van der Waals surface area contributed by atoms with E-state index in [-0.39, 0.29) is 6.04 Å². The van der Waals surface area contributed by atoms with Crippen molar-refractivity contribution in [1.82, 2.24) is 10.3 Å². The second kappa shape index (κ2) is 6.18. The zero-order valence-corrected chi connectivity index (χ0v) is 11.8. The second-order valence-corrected chi connectivity index (χ2v) is 4.62. The standard InChI is InChI=1S/C16H17N3O/c1-11-4-5-13(9-17)8-16(11)20-14-6-7-15(19-10-14)12(2)18-3/h4-8,10,12,18H,1-3H3. The molecule has 0 amide bonds. The second-order valence-electron chi connectivity index (χ2n) is 4.62. The average Bonchev–Trinajstić information content (AvgIpc) is 2.49. The molecular weight excluding hydrogens is 250 g/mol. The first-order chi connectivity index (χ1) is 9.63. The Morgan fingerprint density at radius 1 is 1.30 bits per heavy atom. The van der Waals surface area contributed by atoms with Gasteiger partial charge in [-0.3, -0.25) is 4.98 Å². The highest BCUT2D eigenvalue weighted by Crippen LogP contribution is 2.26. The maximum Gasteiger partial charge on any atom is 0.145 e. The predicted molar refractivity (Wildman–Crippen MR) is 77.7 cm³/mol. The molecule has 4 nitrogen and oxygen atoms in total. The molecule has 1 heterocycles. The van der Waals surface area contributed by atoms with Crippen molar-refractivity contribution >= 4 is 0 Å². The molecule has 2 rings (SSSR count). The molecule has 0 saturated carbocycles. The number of benzene rings is 1. The summed E-state index contributed by atoms with van der Waals surface area (Å²) in [6.07, 6.45) is 1.70. The fourth-order valence-electron chi connectivity index (χ4n) is 1.76. The molecule has 0 aliphatic carbocycles. The van der Waals surface area contributed by atoms with Crippen molar-refractivity contribution in [3.8, 4) is 17.6 Å². The van der Waals surface area contributed by atoms with Crippen molar-refractivity contribution in [2.24, 2.45) is 0 Å². The van der Waals surface area contributed by atoms with Crippen LogP contribution in [0.25, 0.3) is 0 Å². The van der Waals surface area contributed by atoms with Gasteiger partial charge < -0.3 is 10.1 Å². The van der Waals surface area contributed by atoms with E-state index in [2.05, 4.69) is 16.4 Å². The Bertz CT molecular complexity index is 629. The molecule has 1 N–H and O–H groups in total. The van der Waals surface area contributed by atoms with Crippen LogP contribution in [0, 0.1) is 18.3 Å². The first kappa shape index (κ1) is 14.0. The molecule has 4 heteroatoms. The van der Waals surface area contributed by atoms with Crippen molar-refractivity contribution < 1.29 is 4.74 Å². The number of aromatic nitrogens is 1. The first-order valence-electron chi connectivity index (χ1n) is 6.46. The Balaban J connectivity index is 2.20. The minimum absolute atomic E-state index is 0.202. The number of aryl methyl sites for hydroxylation is 1. The van der Waals surface area contributed by atoms with Crippen LogP contribution < -0.4 is 10.1 Å². The Morgan fingerprint density at radius 3 is 2.70 bits per heavy atom. The minimum atomic E-state index is 0.202. The topological polar surface area (TPSA) is 57.9 Å². The van der Waals surface area contributed by atoms with E-state index in [4.69, 9.17) is 10.00 Å². The molecule has 0 aliphatic rings. The number of ether oxygens (including phenoxy) is 1. The van der Waals surface area contributed by atoms with Gasteiger partial charge in [-0.15, -0.1) is 0 Å². The summed E-state index contributed by atoms with van der Waals surface area (Å²) in [6, 6.07) is 11.5. The van der Waals surface area contributed by atoms with Crippen LogP contribution in [0.2, 0.25) is 0 Å². The lowest BCUT2D eigenvalue weighted by Gasteiger charge is -2.11. The minimum Gasteiger partial charge on any atom is -0.455 e. The summed E-state index contributed by atoms with van der Waals surface area (Å²) in [5.41, 5.74) is 2.53. The lowest BCUT2D eigenvalue weighted by molar-refractivity contribution is 0.475. The molecule has 0 fully saturated rings. The summed E-state index contributed by atoms with van der Waals surface area (Å²) in [4.78, 5) is 4.37. The smallest absolute Gasteiger partial charge is 0.145 e. The van der Waals surface area contributed by atoms with E-state index in [1.807, 2.05) is 39.1 Å². The number of nitriles is 1. The molecule has 20 heavy (non-hydrogen) atoms. The van der Waals surface area contributed by atoms with Crippen LogP contribution >= 0.6 is 0 Å². The SMILES string of the molecule is CNC(C)c1ccc(Oc2cc(C#N)ccc2C)cn1. The number of nitrogens with zero attached hydrogens (tertiary/aromatic N) is 2. The van der Waals surface area contributed by atoms with Gasteiger partial charge in [0.15, 0.2) is 0 Å². The average molecular weight is 267 g/mol. The van der Waals surface area contributed by atoms with E-state index in [1.54, 1.807) is 18.3 Å². The highest BCUT2D eigenvalue weighted by molar-refractivity contribution is 5.43. The van der Waals surface area contributed by atoms with Crippen molar-refractivity contribution in [2.75, 3.05) is 7.05 Å². The molecule has 2 aromatic rings. The van der Waals surface area contributed by atoms with Crippen LogP contribution in [0.15, 0.2) is 36.5 Å². The Hall–Kier alpha value is -2.38. The summed E-state index contributed by atoms with van der Waals surface area (Å²) in [7, 11) is 1.90. The van der Waals surface area contributed by atoms with Gasteiger partial charge >= 0.3 is 0 Å². The molecular formula is C16H17N3O. The van der Waals surface area contributed by atoms with E-state index in [0.29, 0.717) is 17.1 Å². The Morgan fingerprint density at radius 2 is 2.10 bits per heavy atom. The first-order valence-corrected chi connectivity index (χ1v) is 6.46. The zero-order valence-electron chi connectivity index (χ0n) is 11.8. The third-order valence-electron chi connectivity index (χ3n) is 3.18. The van der Waals surface area contributed by atoms with Crippen molar-refractivity contribution in [2.45, 2.75) is 19.9 Å². The van der Waals surface area contributed by atoms with Crippen LogP contribution in [0.5, 0.6) is 11.5 Å². The summed E-state index contributed by atoms with van der Waals surface area (Å²) in [5.74, 6) is 1.34. The van der Waals surface area contributed by atoms with E-state index in [9.17, 15) is 0 Å². The van der Waals surface area contributed by atoms with E-state index in [0.717, 1.165) is 11.3 Å². The van der Waals surface area contributed by atoms with Gasteiger partial charge in [-0.25, -0.2) is 0 Å². The fraction of sp³-hybridized carbons (Fsp3) is 0.250. The molecule has 0 saturated heterocycles. The molecule has 1 unspecified atom stereocenters. The van der Waals surface area contributed by atoms with Crippen molar-refractivity contribution in [3.63, 3.8) is 0 Å². The Labute approximate surface area is 119 Å². The van der Waals surface area contributed by atoms with Crippen LogP contribution in [0.4, 0.5) is 0 Å². The van der Waals surface area contributed by atoms with Gasteiger partial charge in [0.05, 0.1) is 23.5 Å². The van der Waals surface area contributed by atoms with Gasteiger partial charge in [0.2, 0.25) is 0 Å². The summed E-state index contributed by atoms with van der Waals surface area (Å²) in [6.45, 7) is 3.99. The van der Waals surface area contributed by atoms with E-state index >= 15 is 0 Å². The summed E-state index contributed by atoms with van der Waals surface area (Å²) >= 11 is 0. The maximum absolute atomic E-state index is 8.92. The fourth-order valence-corrected chi connectivity index (χ4v) is 1.76. The summed E-state index contributed by atoms with van der Waals surface area (Å²) in [5, 5.41) is 12.1. The zero-order chi connectivity index (χ0) is 14.5. The molecule has 1 aromatic carbocycles. The van der Waals surface area contributed by atoms with Crippen molar-refractivity contribution in [1.29, 1.82) is 5.26 Å². The normalized spacial score (nSPS) is 11.7. The van der Waals surface area contributed by atoms with Gasteiger partial charge in [0.25, 0.3) is 0 Å². The van der Waals surface area contributed by atoms with E-state index in [1.165, 1.54) is 0 Å². The maximum atomic E-state index is 8.92. The molecule has 0 radical (unpaired) electrons. The van der Waals surface area contributed by atoms with Gasteiger partial charge in [-0.05, 0) is 50.7 Å². The highest BCUT2D eigenvalue weighted by Gasteiger charge is 2.06. The van der Waals surface area contributed by atoms with Gasteiger partial charge in [-0.1, -0.05) is 6.07 Å². The molecule has 0 aliphatic heterocycles. The third kappa shape index (κ3) is 3.14. The lowest BCUT2D eigenvalue weighted by Crippen LogP contribution is -2.13. The third-order valence-corrected chi connectivity index (χ3v) is 3.18. The number of rotatable bonds is 4. The Kier molecular flexibility index (Phi) is 4.34. The number of nitrogens with one attached hydrogen (secondary N) is 1. The van der Waals surface area contributed by atoms with E-state index < -0.39 is 0 Å². The molecule has 0 bridgehead atoms. The quantitative estimate of drug-likeness (QED) is 0.923. The number of hydrogen-bond acceptors (Lipinski definition) is 4. The van der Waals surface area contributed by atoms with Crippen LogP contribution in [0.1, 0.15) is 29.8 Å². The number of pyridine rings is 1. The molecule has 102 valence electrons. The molecule has 1 atom stereocenters. The largest absolute Gasteiger partial charge is 0.455 e. The van der Waals surface area contributed by atoms with Gasteiger partial charge in [0.1, 0.15) is 11.5 Å². The lowest BCUT2D eigenvalue weighted by atomic mass is 10.1. The van der Waals surface area contributed by atoms with Gasteiger partial charge in [0, 0.05) is 6.04 Å². The molecule has 0 spiro atoms. The summed E-state index contributed by atoms with van der Waals surface area (Å²) < 4.78 is 5.79. The predicted octanol–water partition coefficient (Wildman–Crippen LogP) is 3.33. The monoisotopic (exact) mass is 267 g/mol. The highest BCUT2D eigenvalue weighted by atomic mass is 16.5. The van der Waals surface area contributed by atoms with Crippen LogP contribution in [-0.2, 0) is 0 Å².